The molecular formula is C25H24N4O4. The molecule has 1 aromatic carbocycles. The van der Waals surface area contributed by atoms with Crippen LogP contribution in [0, 0.1) is 5.92 Å². The van der Waals surface area contributed by atoms with Crippen molar-refractivity contribution in [2.24, 2.45) is 5.92 Å². The van der Waals surface area contributed by atoms with E-state index in [1.807, 2.05) is 29.2 Å². The van der Waals surface area contributed by atoms with Crippen molar-refractivity contribution in [2.45, 2.75) is 18.9 Å². The van der Waals surface area contributed by atoms with E-state index in [0.717, 1.165) is 12.1 Å². The summed E-state index contributed by atoms with van der Waals surface area (Å²) in [6, 6.07) is 16.1. The number of piperidine rings is 1. The van der Waals surface area contributed by atoms with Crippen LogP contribution in [0.2, 0.25) is 0 Å². The number of ether oxygens (including phenoxy) is 1. The summed E-state index contributed by atoms with van der Waals surface area (Å²) in [5, 5.41) is 2.68. The molecule has 33 heavy (non-hydrogen) atoms. The molecule has 0 radical (unpaired) electrons. The maximum atomic E-state index is 13.1. The second-order valence-corrected chi connectivity index (χ2v) is 8.49. The number of anilines is 1. The highest BCUT2D eigenvalue weighted by molar-refractivity contribution is 5.94. The van der Waals surface area contributed by atoms with Crippen LogP contribution in [0.3, 0.4) is 0 Å². The molecule has 2 amide bonds. The number of likely N-dealkylation sites (tertiary alicyclic amines) is 1. The molecule has 1 fully saturated rings. The average molecular weight is 444 g/mol. The Hall–Kier alpha value is -3.94. The summed E-state index contributed by atoms with van der Waals surface area (Å²) in [7, 11) is 0. The summed E-state index contributed by atoms with van der Waals surface area (Å²) >= 11 is 0. The lowest BCUT2D eigenvalue weighted by Crippen LogP contribution is -2.49. The Bertz CT molecular complexity index is 1230. The van der Waals surface area contributed by atoms with Crippen molar-refractivity contribution in [3.63, 3.8) is 0 Å². The Balaban J connectivity index is 1.29. The van der Waals surface area contributed by atoms with Crippen LogP contribution in [0.5, 0.6) is 5.75 Å². The first-order valence-electron chi connectivity index (χ1n) is 11.0. The van der Waals surface area contributed by atoms with Crippen molar-refractivity contribution in [3.8, 4) is 5.75 Å². The van der Waals surface area contributed by atoms with Crippen molar-refractivity contribution in [2.75, 3.05) is 25.0 Å². The largest absolute Gasteiger partial charge is 0.484 e. The van der Waals surface area contributed by atoms with Crippen LogP contribution in [0.25, 0.3) is 0 Å². The summed E-state index contributed by atoms with van der Waals surface area (Å²) in [5.41, 5.74) is 1.50. The number of aromatic nitrogens is 2. The van der Waals surface area contributed by atoms with E-state index >= 15 is 0 Å². The van der Waals surface area contributed by atoms with Crippen molar-refractivity contribution >= 4 is 17.5 Å². The summed E-state index contributed by atoms with van der Waals surface area (Å²) in [4.78, 5) is 44.2. The standard InChI is InChI=1S/C25H24N4O4/c30-23(16-33-20-6-2-1-3-7-20)27-21-8-9-22-19-11-17(14-29(22)25(21)32)13-28(15-19)24(31)18-5-4-10-26-12-18/h1-10,12,17,19H,11,13-16H2,(H,27,30)/t17-,19-/m1/s1. The van der Waals surface area contributed by atoms with Gasteiger partial charge in [0, 0.05) is 43.6 Å². The normalized spacial score (nSPS) is 18.8. The monoisotopic (exact) mass is 444 g/mol. The maximum Gasteiger partial charge on any atom is 0.274 e. The quantitative estimate of drug-likeness (QED) is 0.653. The Morgan fingerprint density at radius 1 is 1.03 bits per heavy atom. The van der Waals surface area contributed by atoms with E-state index in [0.29, 0.717) is 30.9 Å². The molecule has 0 unspecified atom stereocenters. The van der Waals surface area contributed by atoms with Crippen LogP contribution in [-0.2, 0) is 11.3 Å². The highest BCUT2D eigenvalue weighted by Gasteiger charge is 2.37. The van der Waals surface area contributed by atoms with E-state index in [4.69, 9.17) is 4.74 Å². The molecule has 168 valence electrons. The SMILES string of the molecule is O=C(COc1ccccc1)Nc1ccc2n(c1=O)C[C@@H]1C[C@@H]2CN(C(=O)c2cccnc2)C1. The second kappa shape index (κ2) is 8.90. The van der Waals surface area contributed by atoms with Crippen LogP contribution < -0.4 is 15.6 Å². The number of hydrogen-bond acceptors (Lipinski definition) is 5. The number of pyridine rings is 2. The van der Waals surface area contributed by atoms with Gasteiger partial charge < -0.3 is 19.5 Å². The molecule has 2 atom stereocenters. The van der Waals surface area contributed by atoms with Gasteiger partial charge in [0.25, 0.3) is 17.4 Å². The van der Waals surface area contributed by atoms with Crippen molar-refractivity contribution in [1.82, 2.24) is 14.5 Å². The molecule has 8 heteroatoms. The summed E-state index contributed by atoms with van der Waals surface area (Å²) < 4.78 is 7.21. The molecule has 2 aliphatic heterocycles. The molecule has 2 bridgehead atoms. The number of nitrogens with zero attached hydrogens (tertiary/aromatic N) is 3. The summed E-state index contributed by atoms with van der Waals surface area (Å²) in [6.45, 7) is 1.49. The minimum Gasteiger partial charge on any atom is -0.484 e. The first-order chi connectivity index (χ1) is 16.1. The summed E-state index contributed by atoms with van der Waals surface area (Å²) in [5.74, 6) is 0.434. The lowest BCUT2D eigenvalue weighted by molar-refractivity contribution is -0.118. The Kier molecular flexibility index (Phi) is 5.64. The fourth-order valence-electron chi connectivity index (χ4n) is 4.73. The third-order valence-corrected chi connectivity index (χ3v) is 6.19. The third-order valence-electron chi connectivity index (χ3n) is 6.19. The van der Waals surface area contributed by atoms with Gasteiger partial charge in [-0.1, -0.05) is 18.2 Å². The number of fused-ring (bicyclic) bond motifs is 4. The Morgan fingerprint density at radius 3 is 2.67 bits per heavy atom. The number of rotatable bonds is 5. The van der Waals surface area contributed by atoms with Gasteiger partial charge in [-0.05, 0) is 48.7 Å². The van der Waals surface area contributed by atoms with Gasteiger partial charge >= 0.3 is 0 Å². The Labute approximate surface area is 190 Å². The minimum atomic E-state index is -0.388. The molecule has 2 aromatic heterocycles. The zero-order chi connectivity index (χ0) is 22.8. The molecule has 0 saturated carbocycles. The van der Waals surface area contributed by atoms with E-state index in [1.54, 1.807) is 47.3 Å². The zero-order valence-electron chi connectivity index (χ0n) is 18.0. The topological polar surface area (TPSA) is 93.5 Å². The molecular weight excluding hydrogens is 420 g/mol. The predicted molar refractivity (Wildman–Crippen MR) is 122 cm³/mol. The summed E-state index contributed by atoms with van der Waals surface area (Å²) in [6.07, 6.45) is 4.17. The highest BCUT2D eigenvalue weighted by atomic mass is 16.5. The van der Waals surface area contributed by atoms with E-state index < -0.39 is 0 Å². The maximum absolute atomic E-state index is 13.1. The number of nitrogens with one attached hydrogen (secondary N) is 1. The first kappa shape index (κ1) is 20.9. The molecule has 4 heterocycles. The van der Waals surface area contributed by atoms with Crippen molar-refractivity contribution in [1.29, 1.82) is 0 Å². The highest BCUT2D eigenvalue weighted by Crippen LogP contribution is 2.36. The molecule has 1 saturated heterocycles. The fraction of sp³-hybridized carbons (Fsp3) is 0.280. The number of carbonyl (C=O) groups is 2. The van der Waals surface area contributed by atoms with Crippen LogP contribution in [0.4, 0.5) is 5.69 Å². The number of para-hydroxylation sites is 1. The molecule has 8 nitrogen and oxygen atoms in total. The fourth-order valence-corrected chi connectivity index (χ4v) is 4.73. The lowest BCUT2D eigenvalue weighted by atomic mass is 9.83. The van der Waals surface area contributed by atoms with Crippen LogP contribution in [0.1, 0.15) is 28.4 Å². The minimum absolute atomic E-state index is 0.0316. The van der Waals surface area contributed by atoms with E-state index in [9.17, 15) is 14.4 Å². The molecule has 0 aliphatic carbocycles. The third kappa shape index (κ3) is 4.37. The van der Waals surface area contributed by atoms with Gasteiger partial charge in [-0.3, -0.25) is 19.4 Å². The van der Waals surface area contributed by atoms with Gasteiger partial charge in [0.05, 0.1) is 5.56 Å². The van der Waals surface area contributed by atoms with Gasteiger partial charge in [-0.25, -0.2) is 0 Å². The van der Waals surface area contributed by atoms with Crippen LogP contribution in [0.15, 0.2) is 71.8 Å². The Morgan fingerprint density at radius 2 is 1.88 bits per heavy atom. The van der Waals surface area contributed by atoms with Gasteiger partial charge in [-0.2, -0.15) is 0 Å². The predicted octanol–water partition coefficient (Wildman–Crippen LogP) is 2.52. The van der Waals surface area contributed by atoms with E-state index in [-0.39, 0.29) is 41.5 Å². The van der Waals surface area contributed by atoms with Gasteiger partial charge in [0.2, 0.25) is 0 Å². The smallest absolute Gasteiger partial charge is 0.274 e. The van der Waals surface area contributed by atoms with Crippen LogP contribution in [-0.4, -0.2) is 46.0 Å². The van der Waals surface area contributed by atoms with E-state index in [1.165, 1.54) is 0 Å². The average Bonchev–Trinajstić information content (AvgIpc) is 2.85. The number of amides is 2. The molecule has 2 aliphatic rings. The number of carbonyl (C=O) groups excluding carboxylic acids is 2. The molecule has 1 N–H and O–H groups in total. The number of benzene rings is 1. The van der Waals surface area contributed by atoms with Gasteiger partial charge in [0.1, 0.15) is 11.4 Å². The zero-order valence-corrected chi connectivity index (χ0v) is 18.0. The van der Waals surface area contributed by atoms with E-state index in [2.05, 4.69) is 10.3 Å². The number of hydrogen-bond donors (Lipinski definition) is 1. The van der Waals surface area contributed by atoms with Crippen molar-refractivity contribution in [3.05, 3.63) is 88.6 Å². The molecule has 0 spiro atoms. The van der Waals surface area contributed by atoms with Crippen LogP contribution >= 0.6 is 0 Å². The second-order valence-electron chi connectivity index (χ2n) is 8.49. The van der Waals surface area contributed by atoms with Crippen molar-refractivity contribution < 1.29 is 14.3 Å². The van der Waals surface area contributed by atoms with Gasteiger partial charge in [0.15, 0.2) is 6.61 Å². The molecule has 3 aromatic rings. The first-order valence-corrected chi connectivity index (χ1v) is 11.0. The lowest BCUT2D eigenvalue weighted by Gasteiger charge is -2.42. The van der Waals surface area contributed by atoms with Gasteiger partial charge in [-0.15, -0.1) is 0 Å². The molecule has 5 rings (SSSR count).